The summed E-state index contributed by atoms with van der Waals surface area (Å²) < 4.78 is 4.63. The van der Waals surface area contributed by atoms with Gasteiger partial charge < -0.3 is 4.74 Å². The van der Waals surface area contributed by atoms with E-state index >= 15 is 0 Å². The Morgan fingerprint density at radius 3 is 2.62 bits per heavy atom. The molecule has 0 aromatic rings. The minimum atomic E-state index is -0.438. The first-order valence-electron chi connectivity index (χ1n) is 4.60. The first-order valence-corrected chi connectivity index (χ1v) is 4.60. The van der Waals surface area contributed by atoms with Crippen LogP contribution in [0.1, 0.15) is 26.2 Å². The summed E-state index contributed by atoms with van der Waals surface area (Å²) in [6.45, 7) is 2.08. The van der Waals surface area contributed by atoms with E-state index in [9.17, 15) is 9.59 Å². The Kier molecular flexibility index (Phi) is 3.68. The Hall–Kier alpha value is -1.12. The van der Waals surface area contributed by atoms with Crippen LogP contribution < -0.4 is 0 Å². The highest BCUT2D eigenvalue weighted by Crippen LogP contribution is 2.32. The highest BCUT2D eigenvalue weighted by Gasteiger charge is 2.23. The molecule has 0 saturated heterocycles. The van der Waals surface area contributed by atoms with Crippen molar-refractivity contribution in [3.05, 3.63) is 12.2 Å². The molecule has 0 aliphatic heterocycles. The summed E-state index contributed by atoms with van der Waals surface area (Å²) in [4.78, 5) is 21.9. The van der Waals surface area contributed by atoms with Crippen molar-refractivity contribution in [1.82, 2.24) is 0 Å². The maximum Gasteiger partial charge on any atom is 0.330 e. The van der Waals surface area contributed by atoms with Gasteiger partial charge >= 0.3 is 5.97 Å². The molecule has 13 heavy (non-hydrogen) atoms. The van der Waals surface area contributed by atoms with Gasteiger partial charge in [-0.3, -0.25) is 4.79 Å². The van der Waals surface area contributed by atoms with Crippen molar-refractivity contribution in [3.8, 4) is 0 Å². The summed E-state index contributed by atoms with van der Waals surface area (Å²) in [7, 11) is 0. The van der Waals surface area contributed by atoms with Gasteiger partial charge in [0, 0.05) is 12.5 Å². The van der Waals surface area contributed by atoms with Gasteiger partial charge in [0.2, 0.25) is 0 Å². The van der Waals surface area contributed by atoms with E-state index in [0.29, 0.717) is 18.9 Å². The fraction of sp³-hybridized carbons (Fsp3) is 0.600. The van der Waals surface area contributed by atoms with Crippen LogP contribution in [0.25, 0.3) is 0 Å². The average molecular weight is 182 g/mol. The lowest BCUT2D eigenvalue weighted by Gasteiger charge is -1.94. The van der Waals surface area contributed by atoms with E-state index in [1.165, 1.54) is 12.2 Å². The first kappa shape index (κ1) is 9.96. The van der Waals surface area contributed by atoms with Crippen molar-refractivity contribution in [3.63, 3.8) is 0 Å². The number of hydrogen-bond donors (Lipinski definition) is 0. The molecule has 0 unspecified atom stereocenters. The van der Waals surface area contributed by atoms with Gasteiger partial charge in [0.1, 0.15) is 0 Å². The predicted molar refractivity (Wildman–Crippen MR) is 48.1 cm³/mol. The van der Waals surface area contributed by atoms with Crippen molar-refractivity contribution in [2.75, 3.05) is 6.61 Å². The summed E-state index contributed by atoms with van der Waals surface area (Å²) >= 11 is 0. The fourth-order valence-corrected chi connectivity index (χ4v) is 1.03. The summed E-state index contributed by atoms with van der Waals surface area (Å²) in [5, 5.41) is 0. The van der Waals surface area contributed by atoms with Crippen molar-refractivity contribution in [2.45, 2.75) is 26.2 Å². The molecule has 0 aromatic carbocycles. The number of esters is 1. The molecule has 0 bridgehead atoms. The Balaban J connectivity index is 2.20. The van der Waals surface area contributed by atoms with E-state index < -0.39 is 5.97 Å². The van der Waals surface area contributed by atoms with E-state index in [1.54, 1.807) is 6.92 Å². The number of ether oxygens (including phenoxy) is 1. The largest absolute Gasteiger partial charge is 0.463 e. The Morgan fingerprint density at radius 2 is 2.08 bits per heavy atom. The monoisotopic (exact) mass is 182 g/mol. The second-order valence-electron chi connectivity index (χ2n) is 3.20. The molecule has 1 aliphatic rings. The third kappa shape index (κ3) is 4.45. The Labute approximate surface area is 77.8 Å². The number of ketones is 1. The van der Waals surface area contributed by atoms with Gasteiger partial charge in [-0.1, -0.05) is 0 Å². The first-order chi connectivity index (χ1) is 6.22. The highest BCUT2D eigenvalue weighted by atomic mass is 16.5. The van der Waals surface area contributed by atoms with Crippen molar-refractivity contribution < 1.29 is 14.3 Å². The molecule has 0 heterocycles. The van der Waals surface area contributed by atoms with Gasteiger partial charge in [0.15, 0.2) is 5.78 Å². The molecule has 0 atom stereocenters. The summed E-state index contributed by atoms with van der Waals surface area (Å²) in [5.74, 6) is 0.154. The molecule has 0 aromatic heterocycles. The Morgan fingerprint density at radius 1 is 1.38 bits per heavy atom. The summed E-state index contributed by atoms with van der Waals surface area (Å²) in [6, 6.07) is 0. The maximum atomic E-state index is 11.1. The van der Waals surface area contributed by atoms with E-state index in [0.717, 1.165) is 12.8 Å². The molecule has 72 valence electrons. The minimum Gasteiger partial charge on any atom is -0.463 e. The molecule has 0 radical (unpaired) electrons. The second-order valence-corrected chi connectivity index (χ2v) is 3.20. The van der Waals surface area contributed by atoms with Crippen LogP contribution >= 0.6 is 0 Å². The molecule has 1 saturated carbocycles. The highest BCUT2D eigenvalue weighted by molar-refractivity contribution is 5.96. The molecular weight excluding hydrogens is 168 g/mol. The molecule has 1 rings (SSSR count). The van der Waals surface area contributed by atoms with Crippen molar-refractivity contribution in [1.29, 1.82) is 0 Å². The second kappa shape index (κ2) is 4.80. The fourth-order valence-electron chi connectivity index (χ4n) is 1.03. The standard InChI is InChI=1S/C10H14O3/c1-2-13-10(12)6-5-9(11)7-8-3-4-8/h5-6,8H,2-4,7H2,1H3/b6-5-. The SMILES string of the molecule is CCOC(=O)/C=C\C(=O)CC1CC1. The number of allylic oxidation sites excluding steroid dienone is 1. The molecule has 3 heteroatoms. The average Bonchev–Trinajstić information content (AvgIpc) is 2.85. The number of rotatable bonds is 5. The van der Waals surface area contributed by atoms with Gasteiger partial charge in [-0.25, -0.2) is 4.79 Å². The maximum absolute atomic E-state index is 11.1. The van der Waals surface area contributed by atoms with Crippen LogP contribution in [0.15, 0.2) is 12.2 Å². The van der Waals surface area contributed by atoms with E-state index in [2.05, 4.69) is 4.74 Å². The molecule has 1 fully saturated rings. The number of carbonyl (C=O) groups is 2. The predicted octanol–water partition coefficient (Wildman–Crippen LogP) is 1.47. The number of hydrogen-bond acceptors (Lipinski definition) is 3. The molecule has 3 nitrogen and oxygen atoms in total. The lowest BCUT2D eigenvalue weighted by atomic mass is 10.2. The van der Waals surface area contributed by atoms with Crippen LogP contribution in [0.5, 0.6) is 0 Å². The van der Waals surface area contributed by atoms with Gasteiger partial charge in [-0.2, -0.15) is 0 Å². The summed E-state index contributed by atoms with van der Waals surface area (Å²) in [6.07, 6.45) is 5.40. The van der Waals surface area contributed by atoms with Gasteiger partial charge in [-0.15, -0.1) is 0 Å². The van der Waals surface area contributed by atoms with Crippen LogP contribution in [0.2, 0.25) is 0 Å². The summed E-state index contributed by atoms with van der Waals surface area (Å²) in [5.41, 5.74) is 0. The molecule has 0 N–H and O–H groups in total. The van der Waals surface area contributed by atoms with E-state index in [1.807, 2.05) is 0 Å². The van der Waals surface area contributed by atoms with Crippen LogP contribution in [0.3, 0.4) is 0 Å². The van der Waals surface area contributed by atoms with Crippen molar-refractivity contribution in [2.24, 2.45) is 5.92 Å². The lowest BCUT2D eigenvalue weighted by molar-refractivity contribution is -0.137. The topological polar surface area (TPSA) is 43.4 Å². The van der Waals surface area contributed by atoms with E-state index in [4.69, 9.17) is 0 Å². The third-order valence-electron chi connectivity index (χ3n) is 1.88. The van der Waals surface area contributed by atoms with Crippen LogP contribution in [-0.2, 0) is 14.3 Å². The smallest absolute Gasteiger partial charge is 0.330 e. The molecular formula is C10H14O3. The van der Waals surface area contributed by atoms with Gasteiger partial charge in [-0.05, 0) is 31.8 Å². The lowest BCUT2D eigenvalue weighted by Crippen LogP contribution is -2.01. The van der Waals surface area contributed by atoms with Crippen LogP contribution in [0.4, 0.5) is 0 Å². The van der Waals surface area contributed by atoms with E-state index in [-0.39, 0.29) is 5.78 Å². The minimum absolute atomic E-state index is 0.0237. The molecule has 0 amide bonds. The zero-order chi connectivity index (χ0) is 9.68. The zero-order valence-corrected chi connectivity index (χ0v) is 7.79. The van der Waals surface area contributed by atoms with Crippen molar-refractivity contribution >= 4 is 11.8 Å². The van der Waals surface area contributed by atoms with Gasteiger partial charge in [0.05, 0.1) is 6.61 Å². The van der Waals surface area contributed by atoms with Crippen LogP contribution in [-0.4, -0.2) is 18.4 Å². The van der Waals surface area contributed by atoms with Crippen LogP contribution in [0, 0.1) is 5.92 Å². The van der Waals surface area contributed by atoms with Gasteiger partial charge in [0.25, 0.3) is 0 Å². The molecule has 1 aliphatic carbocycles. The number of carbonyl (C=O) groups excluding carboxylic acids is 2. The normalized spacial score (nSPS) is 16.1. The quantitative estimate of drug-likeness (QED) is 0.477. The third-order valence-corrected chi connectivity index (χ3v) is 1.88. The zero-order valence-electron chi connectivity index (χ0n) is 7.79. The Bertz CT molecular complexity index is 226. The molecule has 0 spiro atoms.